The zero-order valence-corrected chi connectivity index (χ0v) is 9.41. The van der Waals surface area contributed by atoms with Crippen molar-refractivity contribution >= 4 is 12.2 Å². The molecule has 7 heteroatoms. The van der Waals surface area contributed by atoms with Crippen molar-refractivity contribution in [1.82, 2.24) is 19.9 Å². The Balaban J connectivity index is 2.03. The van der Waals surface area contributed by atoms with Crippen molar-refractivity contribution in [3.05, 3.63) is 35.9 Å². The van der Waals surface area contributed by atoms with Crippen LogP contribution in [0.4, 0.5) is 5.95 Å². The number of rotatable bonds is 4. The summed E-state index contributed by atoms with van der Waals surface area (Å²) >= 11 is 0. The number of nitrogens with two attached hydrogens (primary N) is 1. The van der Waals surface area contributed by atoms with Crippen LogP contribution in [0.3, 0.4) is 0 Å². The molecule has 0 saturated carbocycles. The number of aryl methyl sites for hydroxylation is 1. The zero-order valence-electron chi connectivity index (χ0n) is 9.41. The van der Waals surface area contributed by atoms with E-state index in [-0.39, 0.29) is 0 Å². The summed E-state index contributed by atoms with van der Waals surface area (Å²) < 4.78 is 1.38. The summed E-state index contributed by atoms with van der Waals surface area (Å²) in [6.45, 7) is 1.96. The van der Waals surface area contributed by atoms with E-state index in [1.165, 1.54) is 4.68 Å². The maximum atomic E-state index is 5.74. The summed E-state index contributed by atoms with van der Waals surface area (Å²) in [4.78, 5) is 3.91. The van der Waals surface area contributed by atoms with E-state index in [1.54, 1.807) is 18.6 Å². The zero-order chi connectivity index (χ0) is 12.1. The number of aromatic nitrogens is 4. The van der Waals surface area contributed by atoms with E-state index in [4.69, 9.17) is 5.84 Å². The van der Waals surface area contributed by atoms with Gasteiger partial charge in [-0.25, -0.2) is 10.1 Å². The summed E-state index contributed by atoms with van der Waals surface area (Å²) in [6, 6.07) is 3.69. The Morgan fingerprint density at radius 3 is 2.82 bits per heavy atom. The van der Waals surface area contributed by atoms with Gasteiger partial charge in [0.1, 0.15) is 0 Å². The van der Waals surface area contributed by atoms with E-state index in [0.29, 0.717) is 11.8 Å². The Hall–Kier alpha value is -2.44. The third kappa shape index (κ3) is 2.57. The number of hydrogen-bond acceptors (Lipinski definition) is 6. The maximum Gasteiger partial charge on any atom is 0.263 e. The Kier molecular flexibility index (Phi) is 3.29. The quantitative estimate of drug-likeness (QED) is 0.451. The highest BCUT2D eigenvalue weighted by atomic mass is 15.5. The summed E-state index contributed by atoms with van der Waals surface area (Å²) in [5.74, 6) is 6.85. The largest absolute Gasteiger partial charge is 0.335 e. The van der Waals surface area contributed by atoms with Gasteiger partial charge < -0.3 is 5.84 Å². The third-order valence-corrected chi connectivity index (χ3v) is 2.17. The number of hydrogen-bond donors (Lipinski definition) is 2. The molecule has 0 aromatic carbocycles. The fourth-order valence-corrected chi connectivity index (χ4v) is 1.26. The van der Waals surface area contributed by atoms with Crippen LogP contribution in [0.25, 0.3) is 0 Å². The van der Waals surface area contributed by atoms with Crippen LogP contribution in [-0.4, -0.2) is 26.1 Å². The molecule has 0 atom stereocenters. The van der Waals surface area contributed by atoms with Gasteiger partial charge in [0.25, 0.3) is 5.95 Å². The van der Waals surface area contributed by atoms with Crippen LogP contribution in [0, 0.1) is 0 Å². The first-order chi connectivity index (χ1) is 8.31. The third-order valence-electron chi connectivity index (χ3n) is 2.17. The standard InChI is InChI=1S/C10H13N7/c1-2-9-14-16-10(17(9)11)15-13-7-8-3-5-12-6-4-8/h3-7H,2,11H2,1H3,(H,15,16). The van der Waals surface area contributed by atoms with E-state index in [2.05, 4.69) is 25.7 Å². The molecule has 3 N–H and O–H groups in total. The van der Waals surface area contributed by atoms with Gasteiger partial charge >= 0.3 is 0 Å². The average Bonchev–Trinajstić information content (AvgIpc) is 2.72. The fraction of sp³-hybridized carbons (Fsp3) is 0.200. The number of hydrazone groups is 1. The maximum absolute atomic E-state index is 5.74. The van der Waals surface area contributed by atoms with E-state index in [0.717, 1.165) is 12.0 Å². The summed E-state index contributed by atoms with van der Waals surface area (Å²) in [5, 5.41) is 11.8. The van der Waals surface area contributed by atoms with Crippen LogP contribution in [-0.2, 0) is 6.42 Å². The lowest BCUT2D eigenvalue weighted by atomic mass is 10.3. The molecule has 2 aromatic heterocycles. The molecule has 0 saturated heterocycles. The van der Waals surface area contributed by atoms with Crippen LogP contribution in [0.15, 0.2) is 29.6 Å². The molecule has 7 nitrogen and oxygen atoms in total. The Morgan fingerprint density at radius 2 is 2.18 bits per heavy atom. The normalized spacial score (nSPS) is 10.9. The van der Waals surface area contributed by atoms with Gasteiger partial charge in [-0.2, -0.15) is 5.10 Å². The minimum absolute atomic E-state index is 0.409. The lowest BCUT2D eigenvalue weighted by Gasteiger charge is -2.00. The van der Waals surface area contributed by atoms with Crippen molar-refractivity contribution in [1.29, 1.82) is 0 Å². The highest BCUT2D eigenvalue weighted by Crippen LogP contribution is 2.02. The lowest BCUT2D eigenvalue weighted by molar-refractivity contribution is 0.855. The molecule has 0 aliphatic rings. The highest BCUT2D eigenvalue weighted by Gasteiger charge is 2.05. The number of pyridine rings is 1. The van der Waals surface area contributed by atoms with Gasteiger partial charge in [0.2, 0.25) is 0 Å². The van der Waals surface area contributed by atoms with E-state index in [1.807, 2.05) is 19.1 Å². The van der Waals surface area contributed by atoms with Gasteiger partial charge in [-0.05, 0) is 17.7 Å². The van der Waals surface area contributed by atoms with Crippen molar-refractivity contribution < 1.29 is 0 Å². The summed E-state index contributed by atoms with van der Waals surface area (Å²) in [5.41, 5.74) is 3.67. The Morgan fingerprint density at radius 1 is 1.41 bits per heavy atom. The lowest BCUT2D eigenvalue weighted by Crippen LogP contribution is -2.14. The van der Waals surface area contributed by atoms with Crippen molar-refractivity contribution in [2.75, 3.05) is 11.3 Å². The first-order valence-corrected chi connectivity index (χ1v) is 5.19. The van der Waals surface area contributed by atoms with Crippen LogP contribution < -0.4 is 11.3 Å². The number of nitrogens with zero attached hydrogens (tertiary/aromatic N) is 5. The van der Waals surface area contributed by atoms with Crippen LogP contribution in [0.5, 0.6) is 0 Å². The van der Waals surface area contributed by atoms with Crippen molar-refractivity contribution in [2.24, 2.45) is 5.10 Å². The first kappa shape index (κ1) is 11.1. The van der Waals surface area contributed by atoms with Crippen molar-refractivity contribution in [2.45, 2.75) is 13.3 Å². The second kappa shape index (κ2) is 5.06. The molecule has 0 aliphatic carbocycles. The van der Waals surface area contributed by atoms with Crippen molar-refractivity contribution in [3.8, 4) is 0 Å². The summed E-state index contributed by atoms with van der Waals surface area (Å²) in [6.07, 6.45) is 5.77. The SMILES string of the molecule is CCc1nnc(NN=Cc2ccncc2)n1N. The van der Waals surface area contributed by atoms with Crippen molar-refractivity contribution in [3.63, 3.8) is 0 Å². The van der Waals surface area contributed by atoms with Gasteiger partial charge in [-0.3, -0.25) is 4.98 Å². The Labute approximate surface area is 98.4 Å². The molecule has 0 spiro atoms. The molecule has 0 amide bonds. The van der Waals surface area contributed by atoms with Gasteiger partial charge in [0.15, 0.2) is 5.82 Å². The first-order valence-electron chi connectivity index (χ1n) is 5.19. The monoisotopic (exact) mass is 231 g/mol. The predicted molar refractivity (Wildman–Crippen MR) is 65.0 cm³/mol. The van der Waals surface area contributed by atoms with Crippen LogP contribution in [0.1, 0.15) is 18.3 Å². The Bertz CT molecular complexity index is 503. The second-order valence-electron chi connectivity index (χ2n) is 3.31. The van der Waals surface area contributed by atoms with Crippen LogP contribution in [0.2, 0.25) is 0 Å². The molecule has 0 bridgehead atoms. The molecular formula is C10H13N7. The molecule has 0 fully saturated rings. The van der Waals surface area contributed by atoms with Gasteiger partial charge in [-0.1, -0.05) is 6.92 Å². The van der Waals surface area contributed by atoms with Gasteiger partial charge in [-0.15, -0.1) is 10.2 Å². The molecule has 0 aliphatic heterocycles. The molecule has 17 heavy (non-hydrogen) atoms. The van der Waals surface area contributed by atoms with E-state index < -0.39 is 0 Å². The molecule has 2 rings (SSSR count). The minimum Gasteiger partial charge on any atom is -0.335 e. The number of nitrogens with one attached hydrogen (secondary N) is 1. The van der Waals surface area contributed by atoms with E-state index in [9.17, 15) is 0 Å². The molecule has 2 aromatic rings. The smallest absolute Gasteiger partial charge is 0.263 e. The van der Waals surface area contributed by atoms with Gasteiger partial charge in [0.05, 0.1) is 6.21 Å². The van der Waals surface area contributed by atoms with Crippen LogP contribution >= 0.6 is 0 Å². The predicted octanol–water partition coefficient (Wildman–Crippen LogP) is 0.395. The topological polar surface area (TPSA) is 94.0 Å². The highest BCUT2D eigenvalue weighted by molar-refractivity contribution is 5.79. The van der Waals surface area contributed by atoms with E-state index >= 15 is 0 Å². The molecule has 0 unspecified atom stereocenters. The van der Waals surface area contributed by atoms with Gasteiger partial charge in [0, 0.05) is 18.8 Å². The molecule has 88 valence electrons. The number of anilines is 1. The molecule has 2 heterocycles. The fourth-order valence-electron chi connectivity index (χ4n) is 1.26. The minimum atomic E-state index is 0.409. The summed E-state index contributed by atoms with van der Waals surface area (Å²) in [7, 11) is 0. The molecular weight excluding hydrogens is 218 g/mol. The second-order valence-corrected chi connectivity index (χ2v) is 3.31. The number of nitrogen functional groups attached to an aromatic ring is 1. The molecule has 0 radical (unpaired) electrons. The average molecular weight is 231 g/mol.